The van der Waals surface area contributed by atoms with Crippen molar-refractivity contribution in [1.82, 2.24) is 4.98 Å². The lowest BCUT2D eigenvalue weighted by atomic mass is 9.90. The maximum absolute atomic E-state index is 12.9. The van der Waals surface area contributed by atoms with Crippen LogP contribution in [0, 0.1) is 6.92 Å². The van der Waals surface area contributed by atoms with Gasteiger partial charge in [0.25, 0.3) is 5.60 Å². The number of aromatic nitrogens is 1. The van der Waals surface area contributed by atoms with Crippen LogP contribution in [0.3, 0.4) is 0 Å². The molecule has 9 heteroatoms. The molecule has 0 atom stereocenters. The van der Waals surface area contributed by atoms with Gasteiger partial charge in [-0.3, -0.25) is 4.98 Å². The van der Waals surface area contributed by atoms with Crippen LogP contribution in [0.1, 0.15) is 16.7 Å². The molecule has 1 aromatic heterocycles. The molecule has 2 N–H and O–H groups in total. The molecule has 2 aromatic rings. The van der Waals surface area contributed by atoms with Gasteiger partial charge in [-0.25, -0.2) is 0 Å². The third-order valence-electron chi connectivity index (χ3n) is 3.70. The molecule has 0 aliphatic rings. The Labute approximate surface area is 139 Å². The minimum Gasteiger partial charge on any atom is -0.381 e. The van der Waals surface area contributed by atoms with Gasteiger partial charge in [0.2, 0.25) is 0 Å². The van der Waals surface area contributed by atoms with Gasteiger partial charge in [-0.1, -0.05) is 12.1 Å². The third kappa shape index (κ3) is 3.71. The topological polar surface area (TPSA) is 45.1 Å². The monoisotopic (exact) mass is 364 g/mol. The van der Waals surface area contributed by atoms with Crippen molar-refractivity contribution < 1.29 is 31.4 Å². The van der Waals surface area contributed by atoms with Crippen LogP contribution in [-0.2, 0) is 12.1 Å². The van der Waals surface area contributed by atoms with Crippen LogP contribution in [0.5, 0.6) is 0 Å². The van der Waals surface area contributed by atoms with Crippen molar-refractivity contribution >= 4 is 5.69 Å². The van der Waals surface area contributed by atoms with Gasteiger partial charge in [-0.15, -0.1) is 0 Å². The summed E-state index contributed by atoms with van der Waals surface area (Å²) in [5.74, 6) is 0. The number of anilines is 1. The molecule has 2 rings (SSSR count). The van der Waals surface area contributed by atoms with Crippen molar-refractivity contribution in [3.05, 3.63) is 59.4 Å². The predicted molar refractivity (Wildman–Crippen MR) is 78.7 cm³/mol. The lowest BCUT2D eigenvalue weighted by Gasteiger charge is -2.33. The molecule has 25 heavy (non-hydrogen) atoms. The smallest absolute Gasteiger partial charge is 0.381 e. The summed E-state index contributed by atoms with van der Waals surface area (Å²) in [7, 11) is 0. The highest BCUT2D eigenvalue weighted by molar-refractivity contribution is 5.53. The standard InChI is InChI=1S/C16H14F6N2O/c1-10-8-12(14(25,15(17,18)19)16(20,21)22)2-3-13(10)24-9-11-4-6-23-7-5-11/h2-8,24-25H,9H2,1H3. The number of alkyl halides is 6. The predicted octanol–water partition coefficient (Wildman–Crippen LogP) is 4.31. The van der Waals surface area contributed by atoms with Crippen LogP contribution in [0.25, 0.3) is 0 Å². The van der Waals surface area contributed by atoms with Crippen LogP contribution in [0.4, 0.5) is 32.0 Å². The zero-order valence-corrected chi connectivity index (χ0v) is 12.9. The van der Waals surface area contributed by atoms with E-state index in [2.05, 4.69) is 10.3 Å². The molecule has 0 aliphatic heterocycles. The summed E-state index contributed by atoms with van der Waals surface area (Å²) in [6.45, 7) is 1.66. The molecule has 0 saturated carbocycles. The maximum atomic E-state index is 12.9. The number of pyridine rings is 1. The first kappa shape index (κ1) is 19.0. The first-order valence-electron chi connectivity index (χ1n) is 7.06. The second-order valence-corrected chi connectivity index (χ2v) is 5.44. The lowest BCUT2D eigenvalue weighted by molar-refractivity contribution is -0.376. The molecular weight excluding hydrogens is 350 g/mol. The second-order valence-electron chi connectivity index (χ2n) is 5.44. The molecule has 0 fully saturated rings. The van der Waals surface area contributed by atoms with Gasteiger partial charge in [0.05, 0.1) is 0 Å². The number of aryl methyl sites for hydroxylation is 1. The third-order valence-corrected chi connectivity index (χ3v) is 3.70. The normalized spacial score (nSPS) is 13.0. The summed E-state index contributed by atoms with van der Waals surface area (Å²) in [5.41, 5.74) is -4.88. The Morgan fingerprint density at radius 2 is 1.52 bits per heavy atom. The van der Waals surface area contributed by atoms with E-state index in [4.69, 9.17) is 0 Å². The van der Waals surface area contributed by atoms with E-state index in [0.717, 1.165) is 11.6 Å². The van der Waals surface area contributed by atoms with Crippen LogP contribution in [-0.4, -0.2) is 22.4 Å². The molecule has 3 nitrogen and oxygen atoms in total. The van der Waals surface area contributed by atoms with Crippen molar-refractivity contribution in [1.29, 1.82) is 0 Å². The summed E-state index contributed by atoms with van der Waals surface area (Å²) < 4.78 is 77.4. The number of nitrogens with one attached hydrogen (secondary N) is 1. The van der Waals surface area contributed by atoms with E-state index in [1.165, 1.54) is 6.92 Å². The Bertz CT molecular complexity index is 714. The summed E-state index contributed by atoms with van der Waals surface area (Å²) in [6.07, 6.45) is -8.69. The highest BCUT2D eigenvalue weighted by Gasteiger charge is 2.71. The Morgan fingerprint density at radius 1 is 0.960 bits per heavy atom. The molecule has 0 radical (unpaired) electrons. The molecule has 1 aromatic carbocycles. The summed E-state index contributed by atoms with van der Waals surface area (Å²) in [5, 5.41) is 12.3. The Kier molecular flexibility index (Phi) is 4.99. The van der Waals surface area contributed by atoms with Gasteiger partial charge >= 0.3 is 12.4 Å². The van der Waals surface area contributed by atoms with Gasteiger partial charge < -0.3 is 10.4 Å². The molecule has 0 saturated heterocycles. The van der Waals surface area contributed by atoms with E-state index >= 15 is 0 Å². The number of halogens is 6. The van der Waals surface area contributed by atoms with Crippen LogP contribution in [0.15, 0.2) is 42.7 Å². The van der Waals surface area contributed by atoms with E-state index in [0.29, 0.717) is 24.4 Å². The Morgan fingerprint density at radius 3 is 2.00 bits per heavy atom. The molecular formula is C16H14F6N2O. The molecule has 136 valence electrons. The Hall–Kier alpha value is -2.29. The molecule has 1 heterocycles. The fourth-order valence-corrected chi connectivity index (χ4v) is 2.27. The molecule has 0 spiro atoms. The zero-order valence-electron chi connectivity index (χ0n) is 12.9. The first-order chi connectivity index (χ1) is 11.5. The number of hydrogen-bond donors (Lipinski definition) is 2. The number of nitrogens with zero attached hydrogens (tertiary/aromatic N) is 1. The van der Waals surface area contributed by atoms with E-state index in [1.54, 1.807) is 24.5 Å². The van der Waals surface area contributed by atoms with Gasteiger partial charge in [0.15, 0.2) is 0 Å². The molecule has 0 aliphatic carbocycles. The fraction of sp³-hybridized carbons (Fsp3) is 0.312. The van der Waals surface area contributed by atoms with Crippen molar-refractivity contribution in [2.45, 2.75) is 31.4 Å². The molecule has 0 unspecified atom stereocenters. The largest absolute Gasteiger partial charge is 0.430 e. The highest BCUT2D eigenvalue weighted by atomic mass is 19.4. The molecule has 0 amide bonds. The van der Waals surface area contributed by atoms with E-state index in [-0.39, 0.29) is 5.56 Å². The number of hydrogen-bond acceptors (Lipinski definition) is 3. The minimum atomic E-state index is -5.90. The molecule has 0 bridgehead atoms. The highest BCUT2D eigenvalue weighted by Crippen LogP contribution is 2.50. The van der Waals surface area contributed by atoms with Crippen LogP contribution >= 0.6 is 0 Å². The van der Waals surface area contributed by atoms with E-state index < -0.39 is 23.5 Å². The van der Waals surface area contributed by atoms with E-state index in [1.807, 2.05) is 0 Å². The van der Waals surface area contributed by atoms with Crippen LogP contribution in [0.2, 0.25) is 0 Å². The zero-order chi connectivity index (χ0) is 18.9. The fourth-order valence-electron chi connectivity index (χ4n) is 2.27. The quantitative estimate of drug-likeness (QED) is 0.795. The van der Waals surface area contributed by atoms with Crippen molar-refractivity contribution in [3.63, 3.8) is 0 Å². The van der Waals surface area contributed by atoms with Crippen molar-refractivity contribution in [3.8, 4) is 0 Å². The van der Waals surface area contributed by atoms with Gasteiger partial charge in [-0.2, -0.15) is 26.3 Å². The van der Waals surface area contributed by atoms with E-state index in [9.17, 15) is 31.4 Å². The van der Waals surface area contributed by atoms with Gasteiger partial charge in [0, 0.05) is 30.2 Å². The summed E-state index contributed by atoms with van der Waals surface area (Å²) >= 11 is 0. The lowest BCUT2D eigenvalue weighted by Crippen LogP contribution is -2.53. The van der Waals surface area contributed by atoms with Crippen LogP contribution < -0.4 is 5.32 Å². The number of rotatable bonds is 4. The van der Waals surface area contributed by atoms with Crippen molar-refractivity contribution in [2.24, 2.45) is 0 Å². The first-order valence-corrected chi connectivity index (χ1v) is 7.06. The average molecular weight is 364 g/mol. The summed E-state index contributed by atoms with van der Waals surface area (Å²) in [6, 6.07) is 5.79. The van der Waals surface area contributed by atoms with Gasteiger partial charge in [-0.05, 0) is 36.2 Å². The maximum Gasteiger partial charge on any atom is 0.430 e. The second kappa shape index (κ2) is 6.55. The van der Waals surface area contributed by atoms with Gasteiger partial charge in [0.1, 0.15) is 0 Å². The Balaban J connectivity index is 2.31. The minimum absolute atomic E-state index is 0.137. The number of aliphatic hydroxyl groups is 1. The average Bonchev–Trinajstić information content (AvgIpc) is 2.51. The number of benzene rings is 1. The SMILES string of the molecule is Cc1cc(C(O)(C(F)(F)F)C(F)(F)F)ccc1NCc1ccncc1. The van der Waals surface area contributed by atoms with Crippen molar-refractivity contribution in [2.75, 3.05) is 5.32 Å². The summed E-state index contributed by atoms with van der Waals surface area (Å²) in [4.78, 5) is 3.83.